The summed E-state index contributed by atoms with van der Waals surface area (Å²) in [6.07, 6.45) is 0.394. The van der Waals surface area contributed by atoms with E-state index in [0.29, 0.717) is 24.5 Å². The molecule has 1 amide bonds. The van der Waals surface area contributed by atoms with Crippen LogP contribution in [0.4, 0.5) is 5.69 Å². The van der Waals surface area contributed by atoms with Crippen LogP contribution in [0.1, 0.15) is 12.0 Å². The normalized spacial score (nSPS) is 10.1. The minimum absolute atomic E-state index is 0.00246. The predicted octanol–water partition coefficient (Wildman–Crippen LogP) is 3.47. The zero-order chi connectivity index (χ0) is 15.8. The molecule has 0 spiro atoms. The maximum Gasteiger partial charge on any atom is 0.222 e. The molecule has 0 bridgehead atoms. The highest BCUT2D eigenvalue weighted by Crippen LogP contribution is 2.22. The van der Waals surface area contributed by atoms with Crippen LogP contribution in [0.2, 0.25) is 5.02 Å². The van der Waals surface area contributed by atoms with Crippen molar-refractivity contribution in [1.82, 2.24) is 5.32 Å². The second-order valence-corrected chi connectivity index (χ2v) is 5.22. The molecule has 0 aliphatic carbocycles. The molecule has 4 nitrogen and oxygen atoms in total. The van der Waals surface area contributed by atoms with E-state index in [-0.39, 0.29) is 5.91 Å². The van der Waals surface area contributed by atoms with Gasteiger partial charge in [-0.15, -0.1) is 0 Å². The van der Waals surface area contributed by atoms with Gasteiger partial charge in [0.1, 0.15) is 5.75 Å². The third kappa shape index (κ3) is 4.97. The lowest BCUT2D eigenvalue weighted by Gasteiger charge is -2.11. The van der Waals surface area contributed by atoms with E-state index in [4.69, 9.17) is 16.3 Å². The first-order valence-corrected chi connectivity index (χ1v) is 7.45. The Labute approximate surface area is 135 Å². The molecule has 0 aliphatic heterocycles. The van der Waals surface area contributed by atoms with Crippen LogP contribution in [-0.4, -0.2) is 19.6 Å². The number of hydrogen-bond donors (Lipinski definition) is 2. The Hall–Kier alpha value is -2.20. The Bertz CT molecular complexity index is 614. The predicted molar refractivity (Wildman–Crippen MR) is 89.4 cm³/mol. The molecule has 2 aromatic carbocycles. The first-order chi connectivity index (χ1) is 10.7. The standard InChI is InChI=1S/C17H19ClN2O2/c1-22-16-5-3-2-4-15(16)19-11-10-17(21)20-12-13-6-8-14(18)9-7-13/h2-9,19H,10-12H2,1H3,(H,20,21). The number of nitrogens with one attached hydrogen (secondary N) is 2. The molecule has 5 heteroatoms. The van der Waals surface area contributed by atoms with Gasteiger partial charge in [0.25, 0.3) is 0 Å². The second-order valence-electron chi connectivity index (χ2n) is 4.78. The SMILES string of the molecule is COc1ccccc1NCCC(=O)NCc1ccc(Cl)cc1. The molecular formula is C17H19ClN2O2. The number of ether oxygens (including phenoxy) is 1. The summed E-state index contributed by atoms with van der Waals surface area (Å²) in [7, 11) is 1.62. The average Bonchev–Trinajstić information content (AvgIpc) is 2.55. The number of carbonyl (C=O) groups is 1. The van der Waals surface area contributed by atoms with Crippen LogP contribution in [0.15, 0.2) is 48.5 Å². The van der Waals surface area contributed by atoms with Crippen molar-refractivity contribution in [2.24, 2.45) is 0 Å². The molecule has 0 saturated carbocycles. The van der Waals surface area contributed by atoms with Crippen LogP contribution >= 0.6 is 11.6 Å². The lowest BCUT2D eigenvalue weighted by atomic mass is 10.2. The number of para-hydroxylation sites is 2. The van der Waals surface area contributed by atoms with Crippen LogP contribution in [0.3, 0.4) is 0 Å². The van der Waals surface area contributed by atoms with Crippen molar-refractivity contribution in [3.63, 3.8) is 0 Å². The van der Waals surface area contributed by atoms with Crippen molar-refractivity contribution in [2.75, 3.05) is 19.0 Å². The van der Waals surface area contributed by atoms with Gasteiger partial charge >= 0.3 is 0 Å². The number of hydrogen-bond acceptors (Lipinski definition) is 3. The molecule has 0 aromatic heterocycles. The van der Waals surface area contributed by atoms with E-state index in [0.717, 1.165) is 17.0 Å². The smallest absolute Gasteiger partial charge is 0.222 e. The summed E-state index contributed by atoms with van der Waals surface area (Å²) >= 11 is 5.82. The zero-order valence-corrected chi connectivity index (χ0v) is 13.2. The van der Waals surface area contributed by atoms with Crippen LogP contribution in [0.25, 0.3) is 0 Å². The largest absolute Gasteiger partial charge is 0.495 e. The average molecular weight is 319 g/mol. The van der Waals surface area contributed by atoms with E-state index < -0.39 is 0 Å². The summed E-state index contributed by atoms with van der Waals surface area (Å²) in [5.74, 6) is 0.765. The van der Waals surface area contributed by atoms with Gasteiger partial charge in [0.05, 0.1) is 12.8 Å². The van der Waals surface area contributed by atoms with Gasteiger partial charge in [-0.3, -0.25) is 4.79 Å². The zero-order valence-electron chi connectivity index (χ0n) is 12.4. The van der Waals surface area contributed by atoms with Crippen LogP contribution in [0, 0.1) is 0 Å². The molecule has 0 heterocycles. The van der Waals surface area contributed by atoms with E-state index in [2.05, 4.69) is 10.6 Å². The molecule has 0 atom stereocenters. The summed E-state index contributed by atoms with van der Waals surface area (Å²) in [4.78, 5) is 11.8. The summed E-state index contributed by atoms with van der Waals surface area (Å²) in [5, 5.41) is 6.77. The fourth-order valence-corrected chi connectivity index (χ4v) is 2.12. The number of carbonyl (C=O) groups excluding carboxylic acids is 1. The van der Waals surface area contributed by atoms with Gasteiger partial charge in [-0.25, -0.2) is 0 Å². The van der Waals surface area contributed by atoms with Gasteiger partial charge in [-0.1, -0.05) is 35.9 Å². The minimum atomic E-state index is -0.00246. The van der Waals surface area contributed by atoms with Gasteiger partial charge in [0.15, 0.2) is 0 Å². The maximum atomic E-state index is 11.8. The third-order valence-corrected chi connectivity index (χ3v) is 3.43. The molecule has 0 radical (unpaired) electrons. The van der Waals surface area contributed by atoms with Gasteiger partial charge in [0, 0.05) is 24.5 Å². The van der Waals surface area contributed by atoms with E-state index >= 15 is 0 Å². The molecule has 2 N–H and O–H groups in total. The summed E-state index contributed by atoms with van der Waals surface area (Å²) in [6, 6.07) is 15.0. The molecule has 2 aromatic rings. The van der Waals surface area contributed by atoms with Crippen LogP contribution < -0.4 is 15.4 Å². The fraction of sp³-hybridized carbons (Fsp3) is 0.235. The molecule has 116 valence electrons. The van der Waals surface area contributed by atoms with Crippen molar-refractivity contribution >= 4 is 23.2 Å². The number of methoxy groups -OCH3 is 1. The monoisotopic (exact) mass is 318 g/mol. The van der Waals surface area contributed by atoms with E-state index in [1.165, 1.54) is 0 Å². The Morgan fingerprint density at radius 1 is 1.14 bits per heavy atom. The van der Waals surface area contributed by atoms with Gasteiger partial charge in [-0.2, -0.15) is 0 Å². The lowest BCUT2D eigenvalue weighted by Crippen LogP contribution is -2.24. The Balaban J connectivity index is 1.72. The van der Waals surface area contributed by atoms with Gasteiger partial charge in [0.2, 0.25) is 5.91 Å². The Morgan fingerprint density at radius 2 is 1.86 bits per heavy atom. The highest BCUT2D eigenvalue weighted by molar-refractivity contribution is 6.30. The molecule has 0 fully saturated rings. The van der Waals surface area contributed by atoms with Gasteiger partial charge < -0.3 is 15.4 Å². The van der Waals surface area contributed by atoms with Crippen molar-refractivity contribution in [1.29, 1.82) is 0 Å². The van der Waals surface area contributed by atoms with Crippen molar-refractivity contribution in [3.8, 4) is 5.75 Å². The fourth-order valence-electron chi connectivity index (χ4n) is 1.99. The van der Waals surface area contributed by atoms with Crippen LogP contribution in [0.5, 0.6) is 5.75 Å². The number of benzene rings is 2. The molecular weight excluding hydrogens is 300 g/mol. The lowest BCUT2D eigenvalue weighted by molar-refractivity contribution is -0.121. The van der Waals surface area contributed by atoms with E-state index in [9.17, 15) is 4.79 Å². The first-order valence-electron chi connectivity index (χ1n) is 7.07. The third-order valence-electron chi connectivity index (χ3n) is 3.18. The number of anilines is 1. The highest BCUT2D eigenvalue weighted by atomic mass is 35.5. The molecule has 0 aliphatic rings. The molecule has 22 heavy (non-hydrogen) atoms. The molecule has 2 rings (SSSR count). The summed E-state index contributed by atoms with van der Waals surface area (Å²) < 4.78 is 5.24. The molecule has 0 saturated heterocycles. The summed E-state index contributed by atoms with van der Waals surface area (Å²) in [5.41, 5.74) is 1.91. The topological polar surface area (TPSA) is 50.4 Å². The second kappa shape index (κ2) is 8.29. The van der Waals surface area contributed by atoms with Gasteiger partial charge in [-0.05, 0) is 29.8 Å². The molecule has 0 unspecified atom stereocenters. The van der Waals surface area contributed by atoms with Crippen molar-refractivity contribution < 1.29 is 9.53 Å². The summed E-state index contributed by atoms with van der Waals surface area (Å²) in [6.45, 7) is 1.05. The van der Waals surface area contributed by atoms with Crippen molar-refractivity contribution in [2.45, 2.75) is 13.0 Å². The maximum absolute atomic E-state index is 11.8. The number of amides is 1. The van der Waals surface area contributed by atoms with Crippen molar-refractivity contribution in [3.05, 3.63) is 59.1 Å². The Kier molecular flexibility index (Phi) is 6.10. The first kappa shape index (κ1) is 16.2. The van der Waals surface area contributed by atoms with E-state index in [1.807, 2.05) is 48.5 Å². The van der Waals surface area contributed by atoms with Crippen LogP contribution in [-0.2, 0) is 11.3 Å². The quantitative estimate of drug-likeness (QED) is 0.822. The highest BCUT2D eigenvalue weighted by Gasteiger charge is 2.04. The van der Waals surface area contributed by atoms with E-state index in [1.54, 1.807) is 7.11 Å². The minimum Gasteiger partial charge on any atom is -0.495 e. The Morgan fingerprint density at radius 3 is 2.59 bits per heavy atom. The number of rotatable bonds is 7. The number of halogens is 1.